The van der Waals surface area contributed by atoms with Gasteiger partial charge in [0.2, 0.25) is 10.0 Å². The minimum Gasteiger partial charge on any atom is -0.326 e. The number of nitrogens with one attached hydrogen (secondary N) is 1. The van der Waals surface area contributed by atoms with Crippen molar-refractivity contribution < 1.29 is 8.42 Å². The van der Waals surface area contributed by atoms with Crippen LogP contribution in [0.1, 0.15) is 44.7 Å². The van der Waals surface area contributed by atoms with Crippen molar-refractivity contribution in [1.82, 2.24) is 4.72 Å². The van der Waals surface area contributed by atoms with Crippen LogP contribution in [0.3, 0.4) is 0 Å². The molecular weight excluding hydrogens is 340 g/mol. The summed E-state index contributed by atoms with van der Waals surface area (Å²) in [6.07, 6.45) is 1.47. The van der Waals surface area contributed by atoms with Gasteiger partial charge in [0.05, 0.1) is 4.90 Å². The molecule has 114 valence electrons. The van der Waals surface area contributed by atoms with Gasteiger partial charge in [0, 0.05) is 16.6 Å². The molecule has 1 aromatic carbocycles. The SMILES string of the molecule is CCC(C)(CC)NS(=O)(=O)c1cc(CN)cc(Br)c1C. The molecule has 0 aliphatic heterocycles. The third-order valence-corrected chi connectivity index (χ3v) is 6.41. The smallest absolute Gasteiger partial charge is 0.241 e. The summed E-state index contributed by atoms with van der Waals surface area (Å²) in [5.74, 6) is 0. The van der Waals surface area contributed by atoms with E-state index in [0.29, 0.717) is 17.0 Å². The molecule has 0 atom stereocenters. The third kappa shape index (κ3) is 3.81. The summed E-state index contributed by atoms with van der Waals surface area (Å²) in [7, 11) is -3.56. The maximum atomic E-state index is 12.6. The van der Waals surface area contributed by atoms with E-state index in [-0.39, 0.29) is 0 Å². The second-order valence-corrected chi connectivity index (χ2v) is 7.78. The van der Waals surface area contributed by atoms with Crippen LogP contribution in [0.4, 0.5) is 0 Å². The van der Waals surface area contributed by atoms with Gasteiger partial charge in [0.15, 0.2) is 0 Å². The van der Waals surface area contributed by atoms with E-state index in [4.69, 9.17) is 5.73 Å². The highest BCUT2D eigenvalue weighted by molar-refractivity contribution is 9.10. The van der Waals surface area contributed by atoms with Crippen LogP contribution in [-0.2, 0) is 16.6 Å². The Balaban J connectivity index is 3.32. The quantitative estimate of drug-likeness (QED) is 0.816. The summed E-state index contributed by atoms with van der Waals surface area (Å²) < 4.78 is 28.8. The molecule has 0 saturated heterocycles. The van der Waals surface area contributed by atoms with Gasteiger partial charge in [-0.1, -0.05) is 29.8 Å². The fourth-order valence-electron chi connectivity index (χ4n) is 1.88. The molecule has 0 fully saturated rings. The van der Waals surface area contributed by atoms with Crippen molar-refractivity contribution in [2.24, 2.45) is 5.73 Å². The van der Waals surface area contributed by atoms with Crippen LogP contribution in [0.25, 0.3) is 0 Å². The van der Waals surface area contributed by atoms with Gasteiger partial charge in [0.25, 0.3) is 0 Å². The fraction of sp³-hybridized carbons (Fsp3) is 0.571. The van der Waals surface area contributed by atoms with Gasteiger partial charge in [-0.2, -0.15) is 0 Å². The van der Waals surface area contributed by atoms with E-state index in [2.05, 4.69) is 20.7 Å². The van der Waals surface area contributed by atoms with Crippen molar-refractivity contribution in [2.45, 2.75) is 57.5 Å². The van der Waals surface area contributed by atoms with Gasteiger partial charge >= 0.3 is 0 Å². The molecule has 0 aromatic heterocycles. The summed E-state index contributed by atoms with van der Waals surface area (Å²) in [4.78, 5) is 0.292. The lowest BCUT2D eigenvalue weighted by atomic mass is 9.98. The van der Waals surface area contributed by atoms with E-state index in [1.165, 1.54) is 0 Å². The monoisotopic (exact) mass is 362 g/mol. The number of benzene rings is 1. The minimum absolute atomic E-state index is 0.292. The molecule has 0 heterocycles. The van der Waals surface area contributed by atoms with E-state index in [1.807, 2.05) is 26.8 Å². The number of hydrogen-bond acceptors (Lipinski definition) is 3. The Morgan fingerprint density at radius 1 is 1.30 bits per heavy atom. The summed E-state index contributed by atoms with van der Waals surface area (Å²) in [6.45, 7) is 7.96. The van der Waals surface area contributed by atoms with E-state index < -0.39 is 15.6 Å². The van der Waals surface area contributed by atoms with Gasteiger partial charge in [-0.05, 0) is 49.9 Å². The first-order chi connectivity index (χ1) is 9.19. The van der Waals surface area contributed by atoms with Crippen LogP contribution in [0, 0.1) is 6.92 Å². The molecule has 0 amide bonds. The maximum Gasteiger partial charge on any atom is 0.241 e. The largest absolute Gasteiger partial charge is 0.326 e. The summed E-state index contributed by atoms with van der Waals surface area (Å²) in [6, 6.07) is 3.50. The van der Waals surface area contributed by atoms with Crippen LogP contribution < -0.4 is 10.5 Å². The normalized spacial score (nSPS) is 12.7. The molecule has 0 radical (unpaired) electrons. The number of halogens is 1. The highest BCUT2D eigenvalue weighted by Crippen LogP contribution is 2.27. The molecule has 0 unspecified atom stereocenters. The van der Waals surface area contributed by atoms with E-state index >= 15 is 0 Å². The molecule has 1 rings (SSSR count). The molecule has 0 aliphatic rings. The second kappa shape index (κ2) is 6.56. The predicted molar refractivity (Wildman–Crippen MR) is 86.1 cm³/mol. The molecule has 4 nitrogen and oxygen atoms in total. The molecule has 0 spiro atoms. The molecule has 20 heavy (non-hydrogen) atoms. The summed E-state index contributed by atoms with van der Waals surface area (Å²) >= 11 is 3.40. The molecule has 3 N–H and O–H groups in total. The van der Waals surface area contributed by atoms with Crippen LogP contribution in [0.2, 0.25) is 0 Å². The van der Waals surface area contributed by atoms with Gasteiger partial charge < -0.3 is 5.73 Å². The Kier molecular flexibility index (Phi) is 5.78. The van der Waals surface area contributed by atoms with Gasteiger partial charge in [-0.25, -0.2) is 13.1 Å². The Morgan fingerprint density at radius 3 is 2.30 bits per heavy atom. The van der Waals surface area contributed by atoms with E-state index in [1.54, 1.807) is 13.0 Å². The molecule has 0 aliphatic carbocycles. The predicted octanol–water partition coefficient (Wildman–Crippen LogP) is 3.07. The zero-order valence-corrected chi connectivity index (χ0v) is 14.9. The molecule has 1 aromatic rings. The number of rotatable bonds is 6. The van der Waals surface area contributed by atoms with E-state index in [0.717, 1.165) is 22.9 Å². The Labute approximate surface area is 130 Å². The minimum atomic E-state index is -3.56. The Hall–Kier alpha value is -0.430. The van der Waals surface area contributed by atoms with Crippen molar-refractivity contribution in [2.75, 3.05) is 0 Å². The molecule has 6 heteroatoms. The van der Waals surface area contributed by atoms with Crippen molar-refractivity contribution in [1.29, 1.82) is 0 Å². The highest BCUT2D eigenvalue weighted by atomic mass is 79.9. The number of sulfonamides is 1. The first kappa shape index (κ1) is 17.6. The molecule has 0 bridgehead atoms. The van der Waals surface area contributed by atoms with Crippen molar-refractivity contribution in [3.8, 4) is 0 Å². The lowest BCUT2D eigenvalue weighted by molar-refractivity contribution is 0.388. The van der Waals surface area contributed by atoms with Crippen LogP contribution >= 0.6 is 15.9 Å². The number of nitrogens with two attached hydrogens (primary N) is 1. The average molecular weight is 363 g/mol. The van der Waals surface area contributed by atoms with Crippen molar-refractivity contribution in [3.63, 3.8) is 0 Å². The Bertz CT molecular complexity index is 581. The zero-order chi connectivity index (χ0) is 15.6. The fourth-order valence-corrected chi connectivity index (χ4v) is 4.38. The zero-order valence-electron chi connectivity index (χ0n) is 12.5. The van der Waals surface area contributed by atoms with Gasteiger partial charge in [-0.15, -0.1) is 0 Å². The van der Waals surface area contributed by atoms with Gasteiger partial charge in [0.1, 0.15) is 0 Å². The lowest BCUT2D eigenvalue weighted by Gasteiger charge is -2.28. The second-order valence-electron chi connectivity index (χ2n) is 5.28. The maximum absolute atomic E-state index is 12.6. The van der Waals surface area contributed by atoms with Crippen LogP contribution in [0.5, 0.6) is 0 Å². The number of hydrogen-bond donors (Lipinski definition) is 2. The van der Waals surface area contributed by atoms with Crippen molar-refractivity contribution in [3.05, 3.63) is 27.7 Å². The molecule has 0 saturated carbocycles. The summed E-state index contributed by atoms with van der Waals surface area (Å²) in [5.41, 5.74) is 6.68. The average Bonchev–Trinajstić information content (AvgIpc) is 2.40. The lowest BCUT2D eigenvalue weighted by Crippen LogP contribution is -2.45. The summed E-state index contributed by atoms with van der Waals surface area (Å²) in [5, 5.41) is 0. The first-order valence-corrected chi connectivity index (χ1v) is 8.99. The first-order valence-electron chi connectivity index (χ1n) is 6.72. The Morgan fingerprint density at radius 2 is 1.85 bits per heavy atom. The third-order valence-electron chi connectivity index (χ3n) is 3.82. The standard InChI is InChI=1S/C14H23BrN2O2S/c1-5-14(4,6-2)17-20(18,19)13-8-11(9-16)7-12(15)10(13)3/h7-8,17H,5-6,9,16H2,1-4H3. The highest BCUT2D eigenvalue weighted by Gasteiger charge is 2.29. The van der Waals surface area contributed by atoms with Crippen LogP contribution in [0.15, 0.2) is 21.5 Å². The van der Waals surface area contributed by atoms with Crippen molar-refractivity contribution >= 4 is 26.0 Å². The van der Waals surface area contributed by atoms with E-state index in [9.17, 15) is 8.42 Å². The topological polar surface area (TPSA) is 72.2 Å². The molecular formula is C14H23BrN2O2S. The van der Waals surface area contributed by atoms with Crippen LogP contribution in [-0.4, -0.2) is 14.0 Å². The van der Waals surface area contributed by atoms with Gasteiger partial charge in [-0.3, -0.25) is 0 Å².